The molecule has 4 heteroatoms. The lowest BCUT2D eigenvalue weighted by atomic mass is 9.53. The fraction of sp³-hybridized carbons (Fsp3) is 0.611. The smallest absolute Gasteiger partial charge is 0.258 e. The zero-order valence-electron chi connectivity index (χ0n) is 12.8. The molecule has 4 nitrogen and oxygen atoms in total. The highest BCUT2D eigenvalue weighted by molar-refractivity contribution is 5.78. The van der Waals surface area contributed by atoms with Gasteiger partial charge in [-0.15, -0.1) is 0 Å². The van der Waals surface area contributed by atoms with Gasteiger partial charge in [-0.05, 0) is 68.4 Å². The maximum absolute atomic E-state index is 12.3. The molecule has 0 radical (unpaired) electrons. The summed E-state index contributed by atoms with van der Waals surface area (Å²) in [5.41, 5.74) is 0.0218. The molecule has 4 aliphatic rings. The summed E-state index contributed by atoms with van der Waals surface area (Å²) in [6.45, 7) is -0.0284. The van der Waals surface area contributed by atoms with Gasteiger partial charge in [-0.3, -0.25) is 4.79 Å². The standard InChI is InChI=1S/C18H23NO3/c20-15-3-1-2-4-16(15)22-11-17(21)19-18-8-12-5-13(9-18)7-14(6-12)10-18/h1-4,12-14,20H,5-11H2,(H,19,21). The summed E-state index contributed by atoms with van der Waals surface area (Å²) in [5.74, 6) is 2.81. The third-order valence-corrected chi connectivity index (χ3v) is 5.67. The van der Waals surface area contributed by atoms with E-state index in [1.165, 1.54) is 19.3 Å². The van der Waals surface area contributed by atoms with Gasteiger partial charge in [-0.2, -0.15) is 0 Å². The molecular formula is C18H23NO3. The summed E-state index contributed by atoms with van der Waals surface area (Å²) in [6.07, 6.45) is 7.51. The molecule has 0 heterocycles. The van der Waals surface area contributed by atoms with Crippen LogP contribution in [0.1, 0.15) is 38.5 Å². The molecule has 4 fully saturated rings. The average Bonchev–Trinajstić information content (AvgIpc) is 2.44. The Kier molecular flexibility index (Phi) is 3.28. The van der Waals surface area contributed by atoms with Crippen molar-refractivity contribution in [3.63, 3.8) is 0 Å². The largest absolute Gasteiger partial charge is 0.504 e. The molecule has 1 aromatic rings. The van der Waals surface area contributed by atoms with Crippen LogP contribution in [0.15, 0.2) is 24.3 Å². The Labute approximate surface area is 130 Å². The number of ether oxygens (including phenoxy) is 1. The molecule has 4 aliphatic carbocycles. The van der Waals surface area contributed by atoms with Gasteiger partial charge < -0.3 is 15.2 Å². The Balaban J connectivity index is 1.37. The fourth-order valence-electron chi connectivity index (χ4n) is 5.32. The number of phenolic OH excluding ortho intramolecular Hbond substituents is 1. The van der Waals surface area contributed by atoms with Crippen LogP contribution in [0.5, 0.6) is 11.5 Å². The molecular weight excluding hydrogens is 278 g/mol. The lowest BCUT2D eigenvalue weighted by Gasteiger charge is -2.56. The van der Waals surface area contributed by atoms with Crippen LogP contribution < -0.4 is 10.1 Å². The molecule has 4 saturated carbocycles. The van der Waals surface area contributed by atoms with E-state index >= 15 is 0 Å². The molecule has 4 bridgehead atoms. The average molecular weight is 301 g/mol. The highest BCUT2D eigenvalue weighted by atomic mass is 16.5. The minimum Gasteiger partial charge on any atom is -0.504 e. The van der Waals surface area contributed by atoms with Crippen LogP contribution in [-0.4, -0.2) is 23.2 Å². The fourth-order valence-corrected chi connectivity index (χ4v) is 5.32. The van der Waals surface area contributed by atoms with Crippen molar-refractivity contribution in [3.8, 4) is 11.5 Å². The first-order chi connectivity index (χ1) is 10.6. The molecule has 2 N–H and O–H groups in total. The van der Waals surface area contributed by atoms with Crippen molar-refractivity contribution in [1.29, 1.82) is 0 Å². The Morgan fingerprint density at radius 3 is 2.32 bits per heavy atom. The minimum atomic E-state index is -0.0646. The van der Waals surface area contributed by atoms with E-state index in [2.05, 4.69) is 5.32 Å². The molecule has 5 rings (SSSR count). The van der Waals surface area contributed by atoms with E-state index in [0.29, 0.717) is 5.75 Å². The second-order valence-corrected chi connectivity index (χ2v) is 7.50. The normalized spacial score (nSPS) is 35.4. The topological polar surface area (TPSA) is 58.6 Å². The third-order valence-electron chi connectivity index (χ3n) is 5.67. The molecule has 22 heavy (non-hydrogen) atoms. The first-order valence-corrected chi connectivity index (χ1v) is 8.34. The van der Waals surface area contributed by atoms with Gasteiger partial charge >= 0.3 is 0 Å². The number of hydrogen-bond acceptors (Lipinski definition) is 3. The predicted molar refractivity (Wildman–Crippen MR) is 82.6 cm³/mol. The zero-order valence-corrected chi connectivity index (χ0v) is 12.8. The minimum absolute atomic E-state index is 0.0218. The van der Waals surface area contributed by atoms with Gasteiger partial charge in [0.2, 0.25) is 0 Å². The van der Waals surface area contributed by atoms with Gasteiger partial charge in [0, 0.05) is 5.54 Å². The number of amides is 1. The van der Waals surface area contributed by atoms with Crippen molar-refractivity contribution in [2.75, 3.05) is 6.61 Å². The summed E-state index contributed by atoms with van der Waals surface area (Å²) in [6, 6.07) is 6.75. The molecule has 118 valence electrons. The van der Waals surface area contributed by atoms with E-state index in [0.717, 1.165) is 37.0 Å². The lowest BCUT2D eigenvalue weighted by molar-refractivity contribution is -0.128. The third kappa shape index (κ3) is 2.55. The van der Waals surface area contributed by atoms with Crippen molar-refractivity contribution in [3.05, 3.63) is 24.3 Å². The van der Waals surface area contributed by atoms with Crippen molar-refractivity contribution >= 4 is 5.91 Å². The zero-order chi connectivity index (χ0) is 15.2. The van der Waals surface area contributed by atoms with Crippen molar-refractivity contribution < 1.29 is 14.6 Å². The number of carbonyl (C=O) groups is 1. The van der Waals surface area contributed by atoms with Gasteiger partial charge in [0.05, 0.1) is 0 Å². The maximum Gasteiger partial charge on any atom is 0.258 e. The SMILES string of the molecule is O=C(COc1ccccc1O)NC12CC3CC(CC(C3)C1)C2. The number of phenols is 1. The molecule has 1 aromatic carbocycles. The van der Waals surface area contributed by atoms with E-state index < -0.39 is 0 Å². The van der Waals surface area contributed by atoms with Crippen LogP contribution in [0.25, 0.3) is 0 Å². The van der Waals surface area contributed by atoms with Crippen molar-refractivity contribution in [1.82, 2.24) is 5.32 Å². The Bertz CT molecular complexity index is 548. The maximum atomic E-state index is 12.3. The number of aromatic hydroxyl groups is 1. The summed E-state index contributed by atoms with van der Waals surface area (Å²) in [4.78, 5) is 12.3. The van der Waals surface area contributed by atoms with Crippen molar-refractivity contribution in [2.24, 2.45) is 17.8 Å². The predicted octanol–water partition coefficient (Wildman–Crippen LogP) is 2.86. The Morgan fingerprint density at radius 1 is 1.14 bits per heavy atom. The summed E-state index contributed by atoms with van der Waals surface area (Å²) >= 11 is 0. The van der Waals surface area contributed by atoms with Crippen LogP contribution in [0, 0.1) is 17.8 Å². The molecule has 0 atom stereocenters. The molecule has 1 amide bonds. The van der Waals surface area contributed by atoms with Crippen LogP contribution in [0.2, 0.25) is 0 Å². The highest BCUT2D eigenvalue weighted by Gasteiger charge is 2.51. The summed E-state index contributed by atoms with van der Waals surface area (Å²) < 4.78 is 5.45. The van der Waals surface area contributed by atoms with Crippen molar-refractivity contribution in [2.45, 2.75) is 44.1 Å². The van der Waals surface area contributed by atoms with E-state index in [4.69, 9.17) is 4.74 Å². The molecule has 0 aromatic heterocycles. The molecule has 0 spiro atoms. The monoisotopic (exact) mass is 301 g/mol. The Hall–Kier alpha value is -1.71. The highest BCUT2D eigenvalue weighted by Crippen LogP contribution is 2.55. The number of rotatable bonds is 4. The van der Waals surface area contributed by atoms with Crippen LogP contribution in [-0.2, 0) is 4.79 Å². The van der Waals surface area contributed by atoms with Gasteiger partial charge in [-0.25, -0.2) is 0 Å². The first kappa shape index (κ1) is 13.9. The lowest BCUT2D eigenvalue weighted by Crippen LogP contribution is -2.60. The van der Waals surface area contributed by atoms with E-state index in [-0.39, 0.29) is 23.8 Å². The number of benzene rings is 1. The van der Waals surface area contributed by atoms with E-state index in [1.54, 1.807) is 24.3 Å². The molecule has 0 unspecified atom stereocenters. The van der Waals surface area contributed by atoms with Gasteiger partial charge in [0.15, 0.2) is 18.1 Å². The quantitative estimate of drug-likeness (QED) is 0.899. The number of carbonyl (C=O) groups excluding carboxylic acids is 1. The summed E-state index contributed by atoms with van der Waals surface area (Å²) in [5, 5.41) is 12.9. The first-order valence-electron chi connectivity index (χ1n) is 8.34. The van der Waals surface area contributed by atoms with Gasteiger partial charge in [0.1, 0.15) is 0 Å². The summed E-state index contributed by atoms with van der Waals surface area (Å²) in [7, 11) is 0. The van der Waals surface area contributed by atoms with Crippen LogP contribution in [0.3, 0.4) is 0 Å². The van der Waals surface area contributed by atoms with E-state index in [1.807, 2.05) is 0 Å². The second kappa shape index (κ2) is 5.18. The van der Waals surface area contributed by atoms with Gasteiger partial charge in [0.25, 0.3) is 5.91 Å². The number of para-hydroxylation sites is 2. The van der Waals surface area contributed by atoms with E-state index in [9.17, 15) is 9.90 Å². The number of nitrogens with one attached hydrogen (secondary N) is 1. The second-order valence-electron chi connectivity index (χ2n) is 7.50. The van der Waals surface area contributed by atoms with Gasteiger partial charge in [-0.1, -0.05) is 12.1 Å². The molecule has 0 aliphatic heterocycles. The van der Waals surface area contributed by atoms with Crippen LogP contribution >= 0.6 is 0 Å². The van der Waals surface area contributed by atoms with Crippen LogP contribution in [0.4, 0.5) is 0 Å². The number of hydrogen-bond donors (Lipinski definition) is 2. The molecule has 0 saturated heterocycles. The Morgan fingerprint density at radius 2 is 1.73 bits per heavy atom.